The summed E-state index contributed by atoms with van der Waals surface area (Å²) in [5, 5.41) is 7.29. The molecule has 0 atom stereocenters. The van der Waals surface area contributed by atoms with E-state index in [2.05, 4.69) is 33.3 Å². The van der Waals surface area contributed by atoms with Gasteiger partial charge in [-0.3, -0.25) is 0 Å². The molecule has 5 heteroatoms. The minimum absolute atomic E-state index is 0.433. The fourth-order valence-electron chi connectivity index (χ4n) is 1.78. The number of ether oxygens (including phenoxy) is 1. The van der Waals surface area contributed by atoms with Gasteiger partial charge in [0.05, 0.1) is 12.3 Å². The number of aromatic nitrogens is 1. The average Bonchev–Trinajstić information content (AvgIpc) is 2.89. The van der Waals surface area contributed by atoms with Crippen LogP contribution in [0.25, 0.3) is 0 Å². The molecule has 0 unspecified atom stereocenters. The van der Waals surface area contributed by atoms with Crippen LogP contribution in [0.2, 0.25) is 0 Å². The van der Waals surface area contributed by atoms with E-state index in [0.29, 0.717) is 13.2 Å². The van der Waals surface area contributed by atoms with E-state index < -0.39 is 0 Å². The van der Waals surface area contributed by atoms with Gasteiger partial charge in [-0.2, -0.15) is 0 Å². The highest BCUT2D eigenvalue weighted by Gasteiger charge is 2.05. The highest BCUT2D eigenvalue weighted by molar-refractivity contribution is 9.10. The normalized spacial score (nSPS) is 10.9. The van der Waals surface area contributed by atoms with Gasteiger partial charge in [0.25, 0.3) is 0 Å². The van der Waals surface area contributed by atoms with Crippen molar-refractivity contribution in [1.82, 2.24) is 10.5 Å². The van der Waals surface area contributed by atoms with E-state index in [-0.39, 0.29) is 0 Å². The molecule has 0 aliphatic rings. The summed E-state index contributed by atoms with van der Waals surface area (Å²) in [4.78, 5) is 0. The van der Waals surface area contributed by atoms with E-state index in [0.717, 1.165) is 41.0 Å². The molecule has 1 aromatic carbocycles. The Morgan fingerprint density at radius 2 is 2.15 bits per heavy atom. The molecule has 0 saturated carbocycles. The molecule has 0 amide bonds. The molecule has 0 fully saturated rings. The first-order valence-electron chi connectivity index (χ1n) is 6.76. The molecule has 0 radical (unpaired) electrons. The van der Waals surface area contributed by atoms with Crippen LogP contribution < -0.4 is 5.32 Å². The van der Waals surface area contributed by atoms with Crippen molar-refractivity contribution < 1.29 is 9.26 Å². The number of halogens is 1. The summed E-state index contributed by atoms with van der Waals surface area (Å²) in [6.07, 6.45) is 1.11. The maximum Gasteiger partial charge on any atom is 0.162 e. The van der Waals surface area contributed by atoms with Crippen molar-refractivity contribution in [2.45, 2.75) is 33.1 Å². The van der Waals surface area contributed by atoms with Crippen molar-refractivity contribution in [3.63, 3.8) is 0 Å². The van der Waals surface area contributed by atoms with Gasteiger partial charge in [0.2, 0.25) is 0 Å². The average molecular weight is 339 g/mol. The summed E-state index contributed by atoms with van der Waals surface area (Å²) in [5.41, 5.74) is 2.04. The Morgan fingerprint density at radius 3 is 2.95 bits per heavy atom. The van der Waals surface area contributed by atoms with Gasteiger partial charge in [-0.15, -0.1) is 0 Å². The molecule has 4 nitrogen and oxygen atoms in total. The molecule has 0 spiro atoms. The van der Waals surface area contributed by atoms with Crippen LogP contribution in [0.3, 0.4) is 0 Å². The Balaban J connectivity index is 1.75. The predicted molar refractivity (Wildman–Crippen MR) is 81.1 cm³/mol. The molecular formula is C15H19BrN2O2. The number of benzene rings is 1. The van der Waals surface area contributed by atoms with E-state index in [1.807, 2.05) is 30.3 Å². The standard InChI is InChI=1S/C15H19BrN2O2/c1-2-7-17-9-13-8-14(20-18-13)11-19-10-12-5-3-4-6-15(12)16/h3-6,8,17H,2,7,9-11H2,1H3. The van der Waals surface area contributed by atoms with Crippen molar-refractivity contribution in [1.29, 1.82) is 0 Å². The summed E-state index contributed by atoms with van der Waals surface area (Å²) in [7, 11) is 0. The third-order valence-electron chi connectivity index (χ3n) is 2.80. The van der Waals surface area contributed by atoms with Gasteiger partial charge >= 0.3 is 0 Å². The molecule has 0 saturated heterocycles. The van der Waals surface area contributed by atoms with Crippen LogP contribution in [0.15, 0.2) is 39.3 Å². The SMILES string of the molecule is CCCNCc1cc(COCc2ccccc2Br)on1. The van der Waals surface area contributed by atoms with Gasteiger partial charge in [0.1, 0.15) is 6.61 Å². The quantitative estimate of drug-likeness (QED) is 0.746. The summed E-state index contributed by atoms with van der Waals surface area (Å²) in [6, 6.07) is 9.95. The van der Waals surface area contributed by atoms with Crippen LogP contribution in [0, 0.1) is 0 Å². The fourth-order valence-corrected chi connectivity index (χ4v) is 2.18. The zero-order chi connectivity index (χ0) is 14.2. The molecule has 2 aromatic rings. The lowest BCUT2D eigenvalue weighted by Gasteiger charge is -2.04. The minimum Gasteiger partial charge on any atom is -0.369 e. The zero-order valence-electron chi connectivity index (χ0n) is 11.6. The second-order valence-electron chi connectivity index (χ2n) is 4.55. The molecule has 1 N–H and O–H groups in total. The van der Waals surface area contributed by atoms with Crippen LogP contribution in [0.5, 0.6) is 0 Å². The molecule has 1 heterocycles. The Bertz CT molecular complexity index is 528. The van der Waals surface area contributed by atoms with Gasteiger partial charge in [-0.25, -0.2) is 0 Å². The summed E-state index contributed by atoms with van der Waals surface area (Å²) in [5.74, 6) is 0.755. The van der Waals surface area contributed by atoms with Crippen LogP contribution in [-0.2, 0) is 24.5 Å². The lowest BCUT2D eigenvalue weighted by atomic mass is 10.2. The minimum atomic E-state index is 0.433. The summed E-state index contributed by atoms with van der Waals surface area (Å²) < 4.78 is 11.9. The van der Waals surface area contributed by atoms with Crippen LogP contribution >= 0.6 is 15.9 Å². The van der Waals surface area contributed by atoms with E-state index in [1.54, 1.807) is 0 Å². The van der Waals surface area contributed by atoms with Gasteiger partial charge in [-0.1, -0.05) is 46.2 Å². The number of nitrogens with one attached hydrogen (secondary N) is 1. The Morgan fingerprint density at radius 1 is 1.30 bits per heavy atom. The number of nitrogens with zero attached hydrogens (tertiary/aromatic N) is 1. The van der Waals surface area contributed by atoms with Gasteiger partial charge in [0.15, 0.2) is 5.76 Å². The summed E-state index contributed by atoms with van der Waals surface area (Å²) >= 11 is 3.50. The largest absolute Gasteiger partial charge is 0.369 e. The molecule has 20 heavy (non-hydrogen) atoms. The lowest BCUT2D eigenvalue weighted by Crippen LogP contribution is -2.13. The first kappa shape index (κ1) is 15.2. The molecule has 2 rings (SSSR count). The van der Waals surface area contributed by atoms with Crippen molar-refractivity contribution in [2.24, 2.45) is 0 Å². The van der Waals surface area contributed by atoms with Crippen molar-refractivity contribution >= 4 is 15.9 Å². The number of hydrogen-bond donors (Lipinski definition) is 1. The van der Waals surface area contributed by atoms with Crippen molar-refractivity contribution in [3.05, 3.63) is 51.8 Å². The van der Waals surface area contributed by atoms with Crippen molar-refractivity contribution in [2.75, 3.05) is 6.54 Å². The molecule has 108 valence electrons. The molecule has 0 aliphatic heterocycles. The Kier molecular flexibility index (Phi) is 6.24. The first-order chi connectivity index (χ1) is 9.79. The molecule has 0 aliphatic carbocycles. The first-order valence-corrected chi connectivity index (χ1v) is 7.55. The smallest absolute Gasteiger partial charge is 0.162 e. The predicted octanol–water partition coefficient (Wildman–Crippen LogP) is 3.65. The number of hydrogen-bond acceptors (Lipinski definition) is 4. The monoisotopic (exact) mass is 338 g/mol. The van der Waals surface area contributed by atoms with Crippen LogP contribution in [-0.4, -0.2) is 11.7 Å². The van der Waals surface area contributed by atoms with Gasteiger partial charge in [0, 0.05) is 17.1 Å². The second kappa shape index (κ2) is 8.19. The molecule has 1 aromatic heterocycles. The zero-order valence-corrected chi connectivity index (χ0v) is 13.1. The van der Waals surface area contributed by atoms with Crippen LogP contribution in [0.4, 0.5) is 0 Å². The third kappa shape index (κ3) is 4.74. The maximum absolute atomic E-state index is 5.64. The molecule has 0 bridgehead atoms. The van der Waals surface area contributed by atoms with Crippen molar-refractivity contribution in [3.8, 4) is 0 Å². The van der Waals surface area contributed by atoms with E-state index in [4.69, 9.17) is 9.26 Å². The van der Waals surface area contributed by atoms with E-state index in [1.165, 1.54) is 0 Å². The number of rotatable bonds is 8. The van der Waals surface area contributed by atoms with E-state index in [9.17, 15) is 0 Å². The highest BCUT2D eigenvalue weighted by atomic mass is 79.9. The topological polar surface area (TPSA) is 47.3 Å². The molecular weight excluding hydrogens is 320 g/mol. The van der Waals surface area contributed by atoms with Crippen LogP contribution in [0.1, 0.15) is 30.4 Å². The third-order valence-corrected chi connectivity index (χ3v) is 3.57. The van der Waals surface area contributed by atoms with E-state index >= 15 is 0 Å². The van der Waals surface area contributed by atoms with Gasteiger partial charge < -0.3 is 14.6 Å². The maximum atomic E-state index is 5.64. The van der Waals surface area contributed by atoms with Gasteiger partial charge in [-0.05, 0) is 24.6 Å². The lowest BCUT2D eigenvalue weighted by molar-refractivity contribution is 0.0879. The fraction of sp³-hybridized carbons (Fsp3) is 0.400. The second-order valence-corrected chi connectivity index (χ2v) is 5.40. The highest BCUT2D eigenvalue weighted by Crippen LogP contribution is 2.17. The Labute approximate surface area is 127 Å². The summed E-state index contributed by atoms with van der Waals surface area (Å²) in [6.45, 7) is 4.84. The Hall–Kier alpha value is -1.17.